The van der Waals surface area contributed by atoms with E-state index in [0.717, 1.165) is 17.3 Å². The van der Waals surface area contributed by atoms with Gasteiger partial charge in [0.25, 0.3) is 0 Å². The van der Waals surface area contributed by atoms with Gasteiger partial charge < -0.3 is 10.1 Å². The van der Waals surface area contributed by atoms with Gasteiger partial charge in [-0.15, -0.1) is 0 Å². The van der Waals surface area contributed by atoms with E-state index in [1.807, 2.05) is 19.1 Å². The summed E-state index contributed by atoms with van der Waals surface area (Å²) in [5.41, 5.74) is 0.992. The molecule has 0 unspecified atom stereocenters. The molecular weight excluding hydrogens is 176 g/mol. The molecule has 1 aliphatic carbocycles. The van der Waals surface area contributed by atoms with Gasteiger partial charge in [0.1, 0.15) is 11.6 Å². The molecule has 1 N–H and O–H groups in total. The van der Waals surface area contributed by atoms with E-state index in [2.05, 4.69) is 10.3 Å². The molecule has 1 fully saturated rings. The lowest BCUT2D eigenvalue weighted by atomic mass is 9.93. The minimum atomic E-state index is 0.619. The fraction of sp³-hybridized carbons (Fsp3) is 0.545. The molecule has 1 aromatic heterocycles. The Morgan fingerprint density at radius 2 is 2.21 bits per heavy atom. The van der Waals surface area contributed by atoms with Gasteiger partial charge in [-0.1, -0.05) is 0 Å². The molecule has 3 nitrogen and oxygen atoms in total. The maximum Gasteiger partial charge on any atom is 0.130 e. The summed E-state index contributed by atoms with van der Waals surface area (Å²) < 4.78 is 5.19. The van der Waals surface area contributed by atoms with Crippen LogP contribution in [0.2, 0.25) is 0 Å². The smallest absolute Gasteiger partial charge is 0.130 e. The van der Waals surface area contributed by atoms with Gasteiger partial charge in [-0.05, 0) is 26.2 Å². The number of nitrogens with one attached hydrogen (secondary N) is 1. The van der Waals surface area contributed by atoms with Gasteiger partial charge in [0.15, 0.2) is 0 Å². The molecule has 0 aromatic carbocycles. The van der Waals surface area contributed by atoms with Crippen LogP contribution < -0.4 is 10.1 Å². The lowest BCUT2D eigenvalue weighted by Crippen LogP contribution is -2.27. The van der Waals surface area contributed by atoms with Crippen molar-refractivity contribution in [1.82, 2.24) is 4.98 Å². The normalized spacial score (nSPS) is 16.1. The Balaban J connectivity index is 2.11. The van der Waals surface area contributed by atoms with Gasteiger partial charge in [0.05, 0.1) is 7.11 Å². The lowest BCUT2D eigenvalue weighted by Gasteiger charge is -2.27. The average molecular weight is 192 g/mol. The van der Waals surface area contributed by atoms with Crippen molar-refractivity contribution in [2.24, 2.45) is 0 Å². The second-order valence-corrected chi connectivity index (χ2v) is 3.81. The Kier molecular flexibility index (Phi) is 2.57. The SMILES string of the molecule is COc1cc(C)nc(NC2CCC2)c1. The van der Waals surface area contributed by atoms with Gasteiger partial charge >= 0.3 is 0 Å². The van der Waals surface area contributed by atoms with E-state index in [9.17, 15) is 0 Å². The maximum absolute atomic E-state index is 5.19. The number of hydrogen-bond donors (Lipinski definition) is 1. The molecule has 3 heteroatoms. The van der Waals surface area contributed by atoms with Crippen LogP contribution in [-0.2, 0) is 0 Å². The minimum Gasteiger partial charge on any atom is -0.497 e. The van der Waals surface area contributed by atoms with Gasteiger partial charge in [-0.3, -0.25) is 0 Å². The molecule has 1 heterocycles. The molecule has 0 bridgehead atoms. The Bertz CT molecular complexity index is 321. The van der Waals surface area contributed by atoms with E-state index < -0.39 is 0 Å². The molecule has 0 spiro atoms. The van der Waals surface area contributed by atoms with Crippen LogP contribution >= 0.6 is 0 Å². The second kappa shape index (κ2) is 3.86. The number of nitrogens with zero attached hydrogens (tertiary/aromatic N) is 1. The Morgan fingerprint density at radius 3 is 2.79 bits per heavy atom. The van der Waals surface area contributed by atoms with Gasteiger partial charge in [0, 0.05) is 23.9 Å². The van der Waals surface area contributed by atoms with Crippen LogP contribution in [0.3, 0.4) is 0 Å². The molecule has 0 saturated heterocycles. The average Bonchev–Trinajstić information content (AvgIpc) is 2.10. The predicted molar refractivity (Wildman–Crippen MR) is 56.8 cm³/mol. The van der Waals surface area contributed by atoms with E-state index >= 15 is 0 Å². The first kappa shape index (κ1) is 9.31. The van der Waals surface area contributed by atoms with Crippen molar-refractivity contribution in [3.05, 3.63) is 17.8 Å². The second-order valence-electron chi connectivity index (χ2n) is 3.81. The number of hydrogen-bond acceptors (Lipinski definition) is 3. The van der Waals surface area contributed by atoms with Crippen LogP contribution in [0.5, 0.6) is 5.75 Å². The molecular formula is C11H16N2O. The van der Waals surface area contributed by atoms with Crippen LogP contribution in [0.1, 0.15) is 25.0 Å². The van der Waals surface area contributed by atoms with E-state index in [1.54, 1.807) is 7.11 Å². The van der Waals surface area contributed by atoms with Crippen LogP contribution in [-0.4, -0.2) is 18.1 Å². The number of aryl methyl sites for hydroxylation is 1. The third kappa shape index (κ3) is 1.97. The molecule has 76 valence electrons. The topological polar surface area (TPSA) is 34.1 Å². The highest BCUT2D eigenvalue weighted by molar-refractivity contribution is 5.43. The van der Waals surface area contributed by atoms with Crippen LogP contribution in [0.4, 0.5) is 5.82 Å². The number of anilines is 1. The van der Waals surface area contributed by atoms with E-state index in [0.29, 0.717) is 6.04 Å². The monoisotopic (exact) mass is 192 g/mol. The summed E-state index contributed by atoms with van der Waals surface area (Å²) in [6.45, 7) is 1.98. The van der Waals surface area contributed by atoms with Crippen molar-refractivity contribution in [3.8, 4) is 5.75 Å². The minimum absolute atomic E-state index is 0.619. The molecule has 1 aromatic rings. The molecule has 0 atom stereocenters. The predicted octanol–water partition coefficient (Wildman–Crippen LogP) is 2.36. The summed E-state index contributed by atoms with van der Waals surface area (Å²) in [5, 5.41) is 3.40. The first-order valence-electron chi connectivity index (χ1n) is 5.07. The summed E-state index contributed by atoms with van der Waals surface area (Å²) in [4.78, 5) is 4.41. The number of pyridine rings is 1. The molecule has 0 radical (unpaired) electrons. The van der Waals surface area contributed by atoms with Gasteiger partial charge in [-0.2, -0.15) is 0 Å². The van der Waals surface area contributed by atoms with Crippen molar-refractivity contribution in [2.75, 3.05) is 12.4 Å². The van der Waals surface area contributed by atoms with Crippen molar-refractivity contribution in [1.29, 1.82) is 0 Å². The molecule has 0 amide bonds. The third-order valence-corrected chi connectivity index (χ3v) is 2.62. The van der Waals surface area contributed by atoms with Crippen LogP contribution in [0.25, 0.3) is 0 Å². The van der Waals surface area contributed by atoms with Crippen molar-refractivity contribution in [2.45, 2.75) is 32.2 Å². The number of methoxy groups -OCH3 is 1. The zero-order valence-electron chi connectivity index (χ0n) is 8.71. The number of aromatic nitrogens is 1. The Labute approximate surface area is 84.5 Å². The number of ether oxygens (including phenoxy) is 1. The first-order chi connectivity index (χ1) is 6.78. The fourth-order valence-corrected chi connectivity index (χ4v) is 1.59. The zero-order chi connectivity index (χ0) is 9.97. The molecule has 1 saturated carbocycles. The van der Waals surface area contributed by atoms with Crippen LogP contribution in [0.15, 0.2) is 12.1 Å². The quantitative estimate of drug-likeness (QED) is 0.798. The Morgan fingerprint density at radius 1 is 1.43 bits per heavy atom. The van der Waals surface area contributed by atoms with Crippen molar-refractivity contribution < 1.29 is 4.74 Å². The summed E-state index contributed by atoms with van der Waals surface area (Å²) in [6.07, 6.45) is 3.86. The highest BCUT2D eigenvalue weighted by Gasteiger charge is 2.17. The summed E-state index contributed by atoms with van der Waals surface area (Å²) in [7, 11) is 1.68. The molecule has 14 heavy (non-hydrogen) atoms. The van der Waals surface area contributed by atoms with Crippen molar-refractivity contribution >= 4 is 5.82 Å². The van der Waals surface area contributed by atoms with Crippen molar-refractivity contribution in [3.63, 3.8) is 0 Å². The standard InChI is InChI=1S/C11H16N2O/c1-8-6-10(14-2)7-11(12-8)13-9-4-3-5-9/h6-7,9H,3-5H2,1-2H3,(H,12,13). The van der Waals surface area contributed by atoms with E-state index in [1.165, 1.54) is 19.3 Å². The van der Waals surface area contributed by atoms with Gasteiger partial charge in [0.2, 0.25) is 0 Å². The zero-order valence-corrected chi connectivity index (χ0v) is 8.71. The highest BCUT2D eigenvalue weighted by atomic mass is 16.5. The maximum atomic E-state index is 5.19. The fourth-order valence-electron chi connectivity index (χ4n) is 1.59. The van der Waals surface area contributed by atoms with Gasteiger partial charge in [-0.25, -0.2) is 4.98 Å². The van der Waals surface area contributed by atoms with E-state index in [-0.39, 0.29) is 0 Å². The molecule has 0 aliphatic heterocycles. The number of rotatable bonds is 3. The van der Waals surface area contributed by atoms with Crippen LogP contribution in [0, 0.1) is 6.92 Å². The first-order valence-corrected chi connectivity index (χ1v) is 5.07. The molecule has 1 aliphatic rings. The third-order valence-electron chi connectivity index (χ3n) is 2.62. The van der Waals surface area contributed by atoms with E-state index in [4.69, 9.17) is 4.74 Å². The highest BCUT2D eigenvalue weighted by Crippen LogP contribution is 2.24. The summed E-state index contributed by atoms with van der Waals surface area (Å²) >= 11 is 0. The summed E-state index contributed by atoms with van der Waals surface area (Å²) in [5.74, 6) is 1.81. The Hall–Kier alpha value is -1.25. The lowest BCUT2D eigenvalue weighted by molar-refractivity contribution is 0.413. The molecule has 2 rings (SSSR count). The largest absolute Gasteiger partial charge is 0.497 e. The summed E-state index contributed by atoms with van der Waals surface area (Å²) in [6, 6.07) is 4.51.